The van der Waals surface area contributed by atoms with E-state index in [4.69, 9.17) is 9.47 Å². The SMILES string of the molecule is CS(=O)(=O)c1ccccc1C(=O)Nc1cc2c(cc1C(=O)[O-])OCCCO2. The number of amides is 1. The minimum atomic E-state index is -3.65. The molecular formula is C18H16NO7S-. The minimum Gasteiger partial charge on any atom is -0.545 e. The molecular weight excluding hydrogens is 374 g/mol. The first-order valence-corrected chi connectivity index (χ1v) is 9.92. The summed E-state index contributed by atoms with van der Waals surface area (Å²) in [6, 6.07) is 8.19. The van der Waals surface area contributed by atoms with Gasteiger partial charge >= 0.3 is 0 Å². The Hall–Kier alpha value is -3.07. The summed E-state index contributed by atoms with van der Waals surface area (Å²) in [5.74, 6) is -1.77. The smallest absolute Gasteiger partial charge is 0.257 e. The Morgan fingerprint density at radius 1 is 1.04 bits per heavy atom. The number of rotatable bonds is 4. The van der Waals surface area contributed by atoms with Gasteiger partial charge in [-0.25, -0.2) is 8.42 Å². The van der Waals surface area contributed by atoms with Crippen LogP contribution in [0.4, 0.5) is 5.69 Å². The first kappa shape index (κ1) is 18.7. The van der Waals surface area contributed by atoms with Crippen molar-refractivity contribution < 1.29 is 32.6 Å². The summed E-state index contributed by atoms with van der Waals surface area (Å²) in [7, 11) is -3.65. The van der Waals surface area contributed by atoms with E-state index in [2.05, 4.69) is 5.32 Å². The van der Waals surface area contributed by atoms with Crippen LogP contribution < -0.4 is 19.9 Å². The second-order valence-electron chi connectivity index (χ2n) is 5.90. The molecule has 1 N–H and O–H groups in total. The normalized spacial score (nSPS) is 13.5. The van der Waals surface area contributed by atoms with Gasteiger partial charge in [-0.1, -0.05) is 12.1 Å². The number of hydrogen-bond acceptors (Lipinski definition) is 7. The third-order valence-corrected chi connectivity index (χ3v) is 5.04. The van der Waals surface area contributed by atoms with Crippen LogP contribution in [0.15, 0.2) is 41.3 Å². The summed E-state index contributed by atoms with van der Waals surface area (Å²) in [6.07, 6.45) is 1.61. The number of fused-ring (bicyclic) bond motifs is 1. The molecule has 0 aliphatic carbocycles. The highest BCUT2D eigenvalue weighted by molar-refractivity contribution is 7.90. The third-order valence-electron chi connectivity index (χ3n) is 3.89. The van der Waals surface area contributed by atoms with Crippen LogP contribution in [-0.2, 0) is 9.84 Å². The van der Waals surface area contributed by atoms with Crippen molar-refractivity contribution in [2.24, 2.45) is 0 Å². The van der Waals surface area contributed by atoms with Crippen molar-refractivity contribution in [3.63, 3.8) is 0 Å². The van der Waals surface area contributed by atoms with Gasteiger partial charge in [-0.05, 0) is 18.2 Å². The van der Waals surface area contributed by atoms with Gasteiger partial charge in [0.2, 0.25) is 0 Å². The Balaban J connectivity index is 2.02. The summed E-state index contributed by atoms with van der Waals surface area (Å²) in [6.45, 7) is 0.745. The van der Waals surface area contributed by atoms with Gasteiger partial charge in [0.1, 0.15) is 0 Å². The molecule has 0 aromatic heterocycles. The summed E-state index contributed by atoms with van der Waals surface area (Å²) in [5.41, 5.74) is -0.478. The topological polar surface area (TPSA) is 122 Å². The van der Waals surface area contributed by atoms with Crippen LogP contribution in [0.2, 0.25) is 0 Å². The number of hydrogen-bond donors (Lipinski definition) is 1. The van der Waals surface area contributed by atoms with Crippen molar-refractivity contribution in [1.29, 1.82) is 0 Å². The van der Waals surface area contributed by atoms with Crippen molar-refractivity contribution >= 4 is 27.4 Å². The molecule has 27 heavy (non-hydrogen) atoms. The molecule has 0 bridgehead atoms. The zero-order chi connectivity index (χ0) is 19.6. The Kier molecular flexibility index (Phi) is 5.04. The largest absolute Gasteiger partial charge is 0.545 e. The van der Waals surface area contributed by atoms with Crippen LogP contribution in [0.3, 0.4) is 0 Å². The van der Waals surface area contributed by atoms with E-state index in [9.17, 15) is 23.1 Å². The van der Waals surface area contributed by atoms with E-state index in [1.165, 1.54) is 36.4 Å². The highest BCUT2D eigenvalue weighted by atomic mass is 32.2. The molecule has 3 rings (SSSR count). The maximum Gasteiger partial charge on any atom is 0.257 e. The molecule has 0 saturated heterocycles. The van der Waals surface area contributed by atoms with Gasteiger partial charge in [0, 0.05) is 24.3 Å². The van der Waals surface area contributed by atoms with Gasteiger partial charge in [-0.15, -0.1) is 0 Å². The molecule has 0 radical (unpaired) electrons. The van der Waals surface area contributed by atoms with E-state index in [0.717, 1.165) is 6.26 Å². The lowest BCUT2D eigenvalue weighted by atomic mass is 10.1. The maximum atomic E-state index is 12.6. The highest BCUT2D eigenvalue weighted by Crippen LogP contribution is 2.35. The Labute approximate surface area is 155 Å². The first-order valence-electron chi connectivity index (χ1n) is 8.03. The third kappa shape index (κ3) is 4.03. The second-order valence-corrected chi connectivity index (χ2v) is 7.89. The van der Waals surface area contributed by atoms with Crippen LogP contribution in [-0.4, -0.2) is 39.8 Å². The number of carbonyl (C=O) groups is 2. The molecule has 142 valence electrons. The average Bonchev–Trinajstić information content (AvgIpc) is 2.85. The standard InChI is InChI=1S/C18H17NO7S/c1-27(23,24)16-6-3-2-5-11(16)17(20)19-13-10-15-14(9-12(13)18(21)22)25-7-4-8-26-15/h2-3,5-6,9-10H,4,7-8H2,1H3,(H,19,20)(H,21,22)/p-1. The van der Waals surface area contributed by atoms with Crippen molar-refractivity contribution in [2.75, 3.05) is 24.8 Å². The fraction of sp³-hybridized carbons (Fsp3) is 0.222. The Morgan fingerprint density at radius 2 is 1.67 bits per heavy atom. The number of carboxylic acids is 1. The van der Waals surface area contributed by atoms with Gasteiger partial charge in [0.25, 0.3) is 5.91 Å². The molecule has 1 aliphatic heterocycles. The highest BCUT2D eigenvalue weighted by Gasteiger charge is 2.21. The molecule has 9 heteroatoms. The van der Waals surface area contributed by atoms with Crippen LogP contribution >= 0.6 is 0 Å². The molecule has 0 unspecified atom stereocenters. The fourth-order valence-corrected chi connectivity index (χ4v) is 3.53. The molecule has 0 atom stereocenters. The lowest BCUT2D eigenvalue weighted by Crippen LogP contribution is -2.25. The summed E-state index contributed by atoms with van der Waals surface area (Å²) in [4.78, 5) is 24.0. The molecule has 1 aliphatic rings. The van der Waals surface area contributed by atoms with Crippen LogP contribution in [0.25, 0.3) is 0 Å². The first-order chi connectivity index (χ1) is 12.8. The van der Waals surface area contributed by atoms with Crippen molar-refractivity contribution in [2.45, 2.75) is 11.3 Å². The zero-order valence-corrected chi connectivity index (χ0v) is 15.2. The van der Waals surface area contributed by atoms with Crippen LogP contribution in [0, 0.1) is 0 Å². The summed E-state index contributed by atoms with van der Waals surface area (Å²) in [5, 5.41) is 13.9. The molecule has 0 fully saturated rings. The number of aromatic carboxylic acids is 1. The number of sulfone groups is 1. The zero-order valence-electron chi connectivity index (χ0n) is 14.4. The number of benzene rings is 2. The number of nitrogens with one attached hydrogen (secondary N) is 1. The Bertz CT molecular complexity index is 1010. The Morgan fingerprint density at radius 3 is 2.30 bits per heavy atom. The van der Waals surface area contributed by atoms with Gasteiger partial charge in [0.15, 0.2) is 21.3 Å². The van der Waals surface area contributed by atoms with Gasteiger partial charge in [0.05, 0.1) is 35.3 Å². The minimum absolute atomic E-state index is 0.0763. The second kappa shape index (κ2) is 7.28. The summed E-state index contributed by atoms with van der Waals surface area (Å²) >= 11 is 0. The van der Waals surface area contributed by atoms with Crippen molar-refractivity contribution in [3.8, 4) is 11.5 Å². The monoisotopic (exact) mass is 390 g/mol. The molecule has 2 aromatic rings. The van der Waals surface area contributed by atoms with Crippen LogP contribution in [0.1, 0.15) is 27.1 Å². The lowest BCUT2D eigenvalue weighted by molar-refractivity contribution is -0.254. The van der Waals surface area contributed by atoms with Crippen LogP contribution in [0.5, 0.6) is 11.5 Å². The van der Waals surface area contributed by atoms with Gasteiger partial charge < -0.3 is 24.7 Å². The summed E-state index contributed by atoms with van der Waals surface area (Å²) < 4.78 is 34.7. The van der Waals surface area contributed by atoms with E-state index >= 15 is 0 Å². The number of carbonyl (C=O) groups excluding carboxylic acids is 2. The van der Waals surface area contributed by atoms with E-state index in [1.807, 2.05) is 0 Å². The maximum absolute atomic E-state index is 12.6. The van der Waals surface area contributed by atoms with E-state index < -0.39 is 21.7 Å². The molecule has 0 saturated carbocycles. The number of ether oxygens (including phenoxy) is 2. The number of carboxylic acid groups (broad SMARTS) is 1. The van der Waals surface area contributed by atoms with E-state index in [1.54, 1.807) is 0 Å². The van der Waals surface area contributed by atoms with Crippen molar-refractivity contribution in [3.05, 3.63) is 47.5 Å². The predicted octanol–water partition coefficient (Wildman–Crippen LogP) is 0.867. The quantitative estimate of drug-likeness (QED) is 0.822. The fourth-order valence-electron chi connectivity index (χ4n) is 2.65. The van der Waals surface area contributed by atoms with Gasteiger partial charge in [-0.3, -0.25) is 4.79 Å². The predicted molar refractivity (Wildman–Crippen MR) is 93.9 cm³/mol. The van der Waals surface area contributed by atoms with Gasteiger partial charge in [-0.2, -0.15) is 0 Å². The molecule has 2 aromatic carbocycles. The molecule has 1 amide bonds. The molecule has 0 spiro atoms. The van der Waals surface area contributed by atoms with E-state index in [0.29, 0.717) is 19.6 Å². The number of anilines is 1. The van der Waals surface area contributed by atoms with Crippen molar-refractivity contribution in [1.82, 2.24) is 0 Å². The molecule has 1 heterocycles. The average molecular weight is 390 g/mol. The molecule has 8 nitrogen and oxygen atoms in total. The van der Waals surface area contributed by atoms with E-state index in [-0.39, 0.29) is 33.2 Å². The lowest BCUT2D eigenvalue weighted by Gasteiger charge is -2.16.